The zero-order valence-corrected chi connectivity index (χ0v) is 16.4. The summed E-state index contributed by atoms with van der Waals surface area (Å²) < 4.78 is 1.53. The molecule has 2 aliphatic rings. The Kier molecular flexibility index (Phi) is 5.24. The first-order valence-electron chi connectivity index (χ1n) is 9.65. The topological polar surface area (TPSA) is 89.1 Å². The number of hydrogen-bond acceptors (Lipinski definition) is 6. The van der Waals surface area contributed by atoms with Gasteiger partial charge in [-0.1, -0.05) is 11.8 Å². The van der Waals surface area contributed by atoms with Crippen molar-refractivity contribution in [1.82, 2.24) is 14.9 Å². The van der Waals surface area contributed by atoms with Gasteiger partial charge in [0.2, 0.25) is 11.1 Å². The standard InChI is InChI=1S/C19H26N6OS/c1-13(27-19-23-22-17(25(19)20)14-5-6-14)18(26)21-15-7-9-16(10-8-15)24-11-3-2-4-12-24/h7-10,13-14H,2-6,11-12,20H2,1H3,(H,21,26)/t13-/m0/s1. The number of hydrogen-bond donors (Lipinski definition) is 2. The predicted molar refractivity (Wildman–Crippen MR) is 109 cm³/mol. The van der Waals surface area contributed by atoms with Gasteiger partial charge in [0.25, 0.3) is 0 Å². The van der Waals surface area contributed by atoms with Gasteiger partial charge in [-0.05, 0) is 63.3 Å². The average Bonchev–Trinajstić information content (AvgIpc) is 3.47. The Labute approximate surface area is 163 Å². The van der Waals surface area contributed by atoms with Gasteiger partial charge in [-0.15, -0.1) is 10.2 Å². The second-order valence-electron chi connectivity index (χ2n) is 7.33. The van der Waals surface area contributed by atoms with E-state index in [1.165, 1.54) is 41.4 Å². The van der Waals surface area contributed by atoms with Gasteiger partial charge in [0.05, 0.1) is 5.25 Å². The molecule has 3 N–H and O–H groups in total. The van der Waals surface area contributed by atoms with E-state index in [0.29, 0.717) is 11.1 Å². The number of piperidine rings is 1. The summed E-state index contributed by atoms with van der Waals surface area (Å²) in [5, 5.41) is 11.5. The van der Waals surface area contributed by atoms with E-state index in [1.54, 1.807) is 0 Å². The average molecular weight is 387 g/mol. The van der Waals surface area contributed by atoms with E-state index >= 15 is 0 Å². The Balaban J connectivity index is 1.34. The molecule has 27 heavy (non-hydrogen) atoms. The molecule has 1 saturated carbocycles. The summed E-state index contributed by atoms with van der Waals surface area (Å²) in [4.78, 5) is 14.9. The van der Waals surface area contributed by atoms with Crippen molar-refractivity contribution in [2.24, 2.45) is 0 Å². The van der Waals surface area contributed by atoms with Crippen molar-refractivity contribution in [1.29, 1.82) is 0 Å². The van der Waals surface area contributed by atoms with E-state index < -0.39 is 0 Å². The van der Waals surface area contributed by atoms with Crippen LogP contribution in [-0.2, 0) is 4.79 Å². The van der Waals surface area contributed by atoms with Gasteiger partial charge in [0.1, 0.15) is 0 Å². The van der Waals surface area contributed by atoms with E-state index in [0.717, 1.165) is 37.4 Å². The second kappa shape index (κ2) is 7.80. The third-order valence-corrected chi connectivity index (χ3v) is 6.20. The van der Waals surface area contributed by atoms with Gasteiger partial charge in [0, 0.05) is 30.4 Å². The molecule has 1 aliphatic carbocycles. The van der Waals surface area contributed by atoms with Crippen LogP contribution in [0.5, 0.6) is 0 Å². The normalized spacial score (nSPS) is 18.3. The number of carbonyl (C=O) groups is 1. The number of nitrogens with zero attached hydrogens (tertiary/aromatic N) is 4. The minimum Gasteiger partial charge on any atom is -0.372 e. The molecule has 1 aromatic carbocycles. The van der Waals surface area contributed by atoms with E-state index in [2.05, 4.69) is 32.5 Å². The van der Waals surface area contributed by atoms with Crippen LogP contribution in [-0.4, -0.2) is 39.1 Å². The molecule has 0 unspecified atom stereocenters. The molecule has 2 fully saturated rings. The summed E-state index contributed by atoms with van der Waals surface area (Å²) in [5.41, 5.74) is 2.03. The lowest BCUT2D eigenvalue weighted by atomic mass is 10.1. The second-order valence-corrected chi connectivity index (χ2v) is 8.64. The number of nitrogens with two attached hydrogens (primary N) is 1. The molecule has 2 heterocycles. The molecule has 1 aromatic heterocycles. The minimum atomic E-state index is -0.315. The fourth-order valence-corrected chi connectivity index (χ4v) is 4.13. The van der Waals surface area contributed by atoms with E-state index in [-0.39, 0.29) is 11.2 Å². The van der Waals surface area contributed by atoms with E-state index in [9.17, 15) is 4.79 Å². The highest BCUT2D eigenvalue weighted by Gasteiger charge is 2.30. The van der Waals surface area contributed by atoms with Crippen molar-refractivity contribution >= 4 is 29.0 Å². The highest BCUT2D eigenvalue weighted by Crippen LogP contribution is 2.39. The Bertz CT molecular complexity index is 795. The highest BCUT2D eigenvalue weighted by molar-refractivity contribution is 8.00. The molecule has 0 spiro atoms. The Morgan fingerprint density at radius 1 is 1.19 bits per heavy atom. The molecule has 144 valence electrons. The summed E-state index contributed by atoms with van der Waals surface area (Å²) in [6, 6.07) is 8.10. The lowest BCUT2D eigenvalue weighted by Gasteiger charge is -2.28. The number of thioether (sulfide) groups is 1. The van der Waals surface area contributed by atoms with Crippen LogP contribution in [0, 0.1) is 0 Å². The molecule has 1 aliphatic heterocycles. The molecule has 8 heteroatoms. The van der Waals surface area contributed by atoms with Crippen LogP contribution in [0.3, 0.4) is 0 Å². The molecule has 1 atom stereocenters. The quantitative estimate of drug-likeness (QED) is 0.586. The number of aromatic nitrogens is 3. The first kappa shape index (κ1) is 18.2. The third-order valence-electron chi connectivity index (χ3n) is 5.14. The summed E-state index contributed by atoms with van der Waals surface area (Å²) >= 11 is 1.33. The smallest absolute Gasteiger partial charge is 0.237 e. The van der Waals surface area contributed by atoms with Crippen LogP contribution in [0.4, 0.5) is 11.4 Å². The lowest BCUT2D eigenvalue weighted by molar-refractivity contribution is -0.115. The minimum absolute atomic E-state index is 0.0679. The summed E-state index contributed by atoms with van der Waals surface area (Å²) in [6.45, 7) is 4.08. The molecule has 1 amide bonds. The summed E-state index contributed by atoms with van der Waals surface area (Å²) in [5.74, 6) is 7.25. The Morgan fingerprint density at radius 2 is 1.89 bits per heavy atom. The number of amides is 1. The molecule has 2 aromatic rings. The van der Waals surface area contributed by atoms with Gasteiger partial charge < -0.3 is 16.1 Å². The largest absolute Gasteiger partial charge is 0.372 e. The number of carbonyl (C=O) groups excluding carboxylic acids is 1. The molecule has 7 nitrogen and oxygen atoms in total. The van der Waals surface area contributed by atoms with Gasteiger partial charge >= 0.3 is 0 Å². The van der Waals surface area contributed by atoms with Gasteiger partial charge in [-0.25, -0.2) is 4.68 Å². The van der Waals surface area contributed by atoms with Crippen molar-refractivity contribution in [3.63, 3.8) is 0 Å². The monoisotopic (exact) mass is 386 g/mol. The highest BCUT2D eigenvalue weighted by atomic mass is 32.2. The van der Waals surface area contributed by atoms with Crippen LogP contribution < -0.4 is 16.1 Å². The molecular weight excluding hydrogens is 360 g/mol. The molecular formula is C19H26N6OS. The maximum absolute atomic E-state index is 12.5. The lowest BCUT2D eigenvalue weighted by Crippen LogP contribution is -2.29. The maximum atomic E-state index is 12.5. The third kappa shape index (κ3) is 4.21. The van der Waals surface area contributed by atoms with Crippen LogP contribution in [0.15, 0.2) is 29.4 Å². The van der Waals surface area contributed by atoms with Crippen LogP contribution in [0.2, 0.25) is 0 Å². The molecule has 0 bridgehead atoms. The maximum Gasteiger partial charge on any atom is 0.237 e. The van der Waals surface area contributed by atoms with Gasteiger partial charge in [0.15, 0.2) is 5.82 Å². The Hall–Kier alpha value is -2.22. The van der Waals surface area contributed by atoms with Crippen LogP contribution in [0.25, 0.3) is 0 Å². The molecule has 1 saturated heterocycles. The van der Waals surface area contributed by atoms with E-state index in [4.69, 9.17) is 5.84 Å². The first-order valence-corrected chi connectivity index (χ1v) is 10.5. The van der Waals surface area contributed by atoms with Crippen molar-refractivity contribution < 1.29 is 4.79 Å². The number of rotatable bonds is 6. The fraction of sp³-hybridized carbons (Fsp3) is 0.526. The van der Waals surface area contributed by atoms with Crippen molar-refractivity contribution in [2.45, 2.75) is 55.4 Å². The van der Waals surface area contributed by atoms with Crippen LogP contribution in [0.1, 0.15) is 50.8 Å². The summed E-state index contributed by atoms with van der Waals surface area (Å²) in [7, 11) is 0. The van der Waals surface area contributed by atoms with Gasteiger partial charge in [-0.3, -0.25) is 4.79 Å². The fourth-order valence-electron chi connectivity index (χ4n) is 3.35. The van der Waals surface area contributed by atoms with E-state index in [1.807, 2.05) is 19.1 Å². The number of anilines is 2. The van der Waals surface area contributed by atoms with Crippen molar-refractivity contribution in [2.75, 3.05) is 29.1 Å². The van der Waals surface area contributed by atoms with Crippen molar-refractivity contribution in [3.8, 4) is 0 Å². The molecule has 4 rings (SSSR count). The number of nitrogen functional groups attached to an aromatic ring is 1. The number of nitrogens with one attached hydrogen (secondary N) is 1. The zero-order chi connectivity index (χ0) is 18.8. The number of benzene rings is 1. The SMILES string of the molecule is C[C@H](Sc1nnc(C2CC2)n1N)C(=O)Nc1ccc(N2CCCCC2)cc1. The van der Waals surface area contributed by atoms with Crippen LogP contribution >= 0.6 is 11.8 Å². The van der Waals surface area contributed by atoms with Crippen molar-refractivity contribution in [3.05, 3.63) is 30.1 Å². The summed E-state index contributed by atoms with van der Waals surface area (Å²) in [6.07, 6.45) is 6.05. The predicted octanol–water partition coefficient (Wildman–Crippen LogP) is 2.98. The molecule has 0 radical (unpaired) electrons. The Morgan fingerprint density at radius 3 is 2.56 bits per heavy atom. The first-order chi connectivity index (χ1) is 13.1. The zero-order valence-electron chi connectivity index (χ0n) is 15.6. The van der Waals surface area contributed by atoms with Gasteiger partial charge in [-0.2, -0.15) is 0 Å².